The molecule has 0 aliphatic carbocycles. The summed E-state index contributed by atoms with van der Waals surface area (Å²) in [5, 5.41) is 0. The minimum absolute atomic E-state index is 0.00240. The third kappa shape index (κ3) is 6.14. The molecule has 0 rings (SSSR count). The summed E-state index contributed by atoms with van der Waals surface area (Å²) >= 11 is 0. The number of rotatable bonds is 8. The molecule has 0 bridgehead atoms. The van der Waals surface area contributed by atoms with E-state index in [-0.39, 0.29) is 6.61 Å². The van der Waals surface area contributed by atoms with Crippen LogP contribution in [0.4, 0.5) is 13.2 Å². The lowest BCUT2D eigenvalue weighted by Crippen LogP contribution is -2.16. The Morgan fingerprint density at radius 2 is 1.93 bits per heavy atom. The molecule has 92 valence electrons. The predicted molar refractivity (Wildman–Crippen MR) is 47.5 cm³/mol. The van der Waals surface area contributed by atoms with Gasteiger partial charge >= 0.3 is 7.82 Å². The lowest BCUT2D eigenvalue weighted by molar-refractivity contribution is -0.0845. The fourth-order valence-corrected chi connectivity index (χ4v) is 1.56. The molecule has 0 aromatic rings. The van der Waals surface area contributed by atoms with E-state index in [1.165, 1.54) is 0 Å². The normalized spacial score (nSPS) is 17.7. The molecule has 0 aromatic heterocycles. The smallest absolute Gasteiger partial charge is 0.290 e. The van der Waals surface area contributed by atoms with Gasteiger partial charge in [0, 0.05) is 7.11 Å². The predicted octanol–water partition coefficient (Wildman–Crippen LogP) is 3.13. The molecule has 0 heterocycles. The molecule has 0 saturated heterocycles. The highest BCUT2D eigenvalue weighted by atomic mass is 31.2. The van der Waals surface area contributed by atoms with Gasteiger partial charge < -0.3 is 0 Å². The van der Waals surface area contributed by atoms with Gasteiger partial charge in [0.2, 0.25) is 0 Å². The molecule has 2 atom stereocenters. The molecule has 0 radical (unpaired) electrons. The number of hydrogen-bond acceptors (Lipinski definition) is 4. The van der Waals surface area contributed by atoms with Crippen molar-refractivity contribution in [3.05, 3.63) is 0 Å². The molecule has 0 fully saturated rings. The van der Waals surface area contributed by atoms with Gasteiger partial charge in [0.1, 0.15) is 0 Å². The number of phosphoric acid groups is 1. The number of halogens is 3. The fraction of sp³-hybridized carbons (Fsp3) is 1.00. The van der Waals surface area contributed by atoms with Gasteiger partial charge in [0.15, 0.2) is 0 Å². The van der Waals surface area contributed by atoms with Crippen molar-refractivity contribution in [1.29, 1.82) is 0 Å². The summed E-state index contributed by atoms with van der Waals surface area (Å²) in [5.41, 5.74) is 0. The summed E-state index contributed by atoms with van der Waals surface area (Å²) < 4.78 is 60.0. The highest BCUT2D eigenvalue weighted by Gasteiger charge is 2.34. The number of phosphoric ester groups is 1. The number of unbranched alkanes of at least 4 members (excludes halogenated alkanes) is 1. The van der Waals surface area contributed by atoms with E-state index in [4.69, 9.17) is 0 Å². The Bertz CT molecular complexity index is 214. The number of alkyl halides is 3. The highest BCUT2D eigenvalue weighted by molar-refractivity contribution is 7.48. The Morgan fingerprint density at radius 1 is 1.33 bits per heavy atom. The maximum Gasteiger partial charge on any atom is 0.477 e. The van der Waals surface area contributed by atoms with Crippen LogP contribution in [0.3, 0.4) is 0 Å². The Balaban J connectivity index is 4.12. The standard InChI is InChI=1S/C7H14F3O4P/c1-3-4-5-13-15(11,12-2)14-7(10)6(8)9/h6-7H,3-5H2,1-2H3. The Morgan fingerprint density at radius 3 is 2.33 bits per heavy atom. The molecule has 8 heteroatoms. The van der Waals surface area contributed by atoms with Crippen LogP contribution in [0.15, 0.2) is 0 Å². The summed E-state index contributed by atoms with van der Waals surface area (Å²) in [6, 6.07) is 0. The van der Waals surface area contributed by atoms with Crippen LogP contribution >= 0.6 is 7.82 Å². The van der Waals surface area contributed by atoms with Gasteiger partial charge in [-0.2, -0.15) is 0 Å². The summed E-state index contributed by atoms with van der Waals surface area (Å²) in [6.07, 6.45) is -5.07. The summed E-state index contributed by atoms with van der Waals surface area (Å²) in [6.45, 7) is 1.84. The minimum atomic E-state index is -4.19. The Kier molecular flexibility index (Phi) is 7.17. The van der Waals surface area contributed by atoms with Crippen LogP contribution < -0.4 is 0 Å². The van der Waals surface area contributed by atoms with E-state index >= 15 is 0 Å². The third-order valence-corrected chi connectivity index (χ3v) is 2.80. The molecule has 0 aliphatic rings. The molecule has 2 unspecified atom stereocenters. The molecular formula is C7H14F3O4P. The van der Waals surface area contributed by atoms with E-state index in [2.05, 4.69) is 13.6 Å². The van der Waals surface area contributed by atoms with Crippen LogP contribution in [0, 0.1) is 0 Å². The first-order valence-electron chi connectivity index (χ1n) is 4.36. The Labute approximate surface area is 86.3 Å². The molecule has 0 saturated carbocycles. The van der Waals surface area contributed by atoms with E-state index in [9.17, 15) is 17.7 Å². The first kappa shape index (κ1) is 14.9. The van der Waals surface area contributed by atoms with Crippen molar-refractivity contribution in [3.63, 3.8) is 0 Å². The quantitative estimate of drug-likeness (QED) is 0.490. The van der Waals surface area contributed by atoms with Crippen molar-refractivity contribution < 1.29 is 31.3 Å². The SMILES string of the molecule is CCCCOP(=O)(OC)OC(F)C(F)F. The molecular weight excluding hydrogens is 236 g/mol. The van der Waals surface area contributed by atoms with Gasteiger partial charge in [0.05, 0.1) is 6.61 Å². The molecule has 0 N–H and O–H groups in total. The maximum absolute atomic E-state index is 12.4. The van der Waals surface area contributed by atoms with Gasteiger partial charge in [0.25, 0.3) is 12.8 Å². The minimum Gasteiger partial charge on any atom is -0.290 e. The van der Waals surface area contributed by atoms with Gasteiger partial charge in [-0.1, -0.05) is 13.3 Å². The van der Waals surface area contributed by atoms with Gasteiger partial charge in [-0.25, -0.2) is 22.3 Å². The van der Waals surface area contributed by atoms with Gasteiger partial charge in [-0.05, 0) is 6.42 Å². The van der Waals surface area contributed by atoms with Crippen LogP contribution in [0.25, 0.3) is 0 Å². The zero-order valence-electron chi connectivity index (χ0n) is 8.49. The fourth-order valence-electron chi connectivity index (χ4n) is 0.616. The summed E-state index contributed by atoms with van der Waals surface area (Å²) in [7, 11) is -3.26. The Hall–Kier alpha value is -0.100. The molecule has 15 heavy (non-hydrogen) atoms. The third-order valence-electron chi connectivity index (χ3n) is 1.40. The number of hydrogen-bond donors (Lipinski definition) is 0. The van der Waals surface area contributed by atoms with Crippen LogP contribution in [0.2, 0.25) is 0 Å². The highest BCUT2D eigenvalue weighted by Crippen LogP contribution is 2.50. The zero-order chi connectivity index (χ0) is 11.9. The lowest BCUT2D eigenvalue weighted by atomic mass is 10.4. The second-order valence-electron chi connectivity index (χ2n) is 2.61. The van der Waals surface area contributed by atoms with E-state index in [1.807, 2.05) is 6.92 Å². The molecule has 0 amide bonds. The molecule has 0 aliphatic heterocycles. The van der Waals surface area contributed by atoms with Crippen molar-refractivity contribution in [2.75, 3.05) is 13.7 Å². The average molecular weight is 250 g/mol. The van der Waals surface area contributed by atoms with Crippen molar-refractivity contribution >= 4 is 7.82 Å². The van der Waals surface area contributed by atoms with Crippen molar-refractivity contribution in [2.24, 2.45) is 0 Å². The average Bonchev–Trinajstić information content (AvgIpc) is 2.18. The van der Waals surface area contributed by atoms with Crippen molar-refractivity contribution in [3.8, 4) is 0 Å². The lowest BCUT2D eigenvalue weighted by Gasteiger charge is -2.17. The van der Waals surface area contributed by atoms with Crippen LogP contribution in [-0.2, 0) is 18.1 Å². The zero-order valence-corrected chi connectivity index (χ0v) is 9.38. The van der Waals surface area contributed by atoms with Crippen molar-refractivity contribution in [1.82, 2.24) is 0 Å². The topological polar surface area (TPSA) is 44.8 Å². The second-order valence-corrected chi connectivity index (χ2v) is 4.34. The summed E-state index contributed by atoms with van der Waals surface area (Å²) in [5.74, 6) is 0. The van der Waals surface area contributed by atoms with Crippen LogP contribution in [0.1, 0.15) is 19.8 Å². The van der Waals surface area contributed by atoms with Gasteiger partial charge in [-0.3, -0.25) is 9.05 Å². The molecule has 0 aromatic carbocycles. The van der Waals surface area contributed by atoms with E-state index < -0.39 is 20.6 Å². The first-order chi connectivity index (χ1) is 6.95. The van der Waals surface area contributed by atoms with Gasteiger partial charge in [-0.15, -0.1) is 0 Å². The first-order valence-corrected chi connectivity index (χ1v) is 5.82. The monoisotopic (exact) mass is 250 g/mol. The molecule has 4 nitrogen and oxygen atoms in total. The van der Waals surface area contributed by atoms with E-state index in [1.54, 1.807) is 0 Å². The van der Waals surface area contributed by atoms with Crippen molar-refractivity contribution in [2.45, 2.75) is 32.5 Å². The summed E-state index contributed by atoms with van der Waals surface area (Å²) in [4.78, 5) is 0. The second kappa shape index (κ2) is 7.22. The van der Waals surface area contributed by atoms with Crippen LogP contribution in [0.5, 0.6) is 0 Å². The molecule has 0 spiro atoms. The maximum atomic E-state index is 12.4. The largest absolute Gasteiger partial charge is 0.477 e. The van der Waals surface area contributed by atoms with E-state index in [0.717, 1.165) is 13.5 Å². The van der Waals surface area contributed by atoms with Crippen LogP contribution in [-0.4, -0.2) is 26.5 Å². The van der Waals surface area contributed by atoms with E-state index in [0.29, 0.717) is 6.42 Å².